The van der Waals surface area contributed by atoms with Crippen LogP contribution in [0.5, 0.6) is 0 Å². The minimum Gasteiger partial charge on any atom is -0.462 e. The monoisotopic (exact) mass is 236 g/mol. The number of hydrogen-bond acceptors (Lipinski definition) is 4. The van der Waals surface area contributed by atoms with Crippen LogP contribution >= 0.6 is 0 Å². The van der Waals surface area contributed by atoms with Crippen molar-refractivity contribution in [1.29, 1.82) is 0 Å². The standard InChI is InChI=1S/C13H16O4/c1-3-11(15)10-7-5-6-9(8-14)12(10)13(16)17-4-2/h5-7,14H,3-4,8H2,1-2H3. The Morgan fingerprint density at radius 1 is 1.29 bits per heavy atom. The van der Waals surface area contributed by atoms with Crippen LogP contribution in [0.2, 0.25) is 0 Å². The molecule has 0 aliphatic rings. The molecule has 0 spiro atoms. The predicted molar refractivity (Wildman–Crippen MR) is 62.9 cm³/mol. The molecule has 1 aromatic carbocycles. The number of aliphatic hydroxyl groups is 1. The molecule has 0 bridgehead atoms. The number of esters is 1. The van der Waals surface area contributed by atoms with E-state index >= 15 is 0 Å². The highest BCUT2D eigenvalue weighted by atomic mass is 16.5. The molecular weight excluding hydrogens is 220 g/mol. The molecule has 0 aliphatic heterocycles. The fraction of sp³-hybridized carbons (Fsp3) is 0.385. The van der Waals surface area contributed by atoms with Crippen molar-refractivity contribution >= 4 is 11.8 Å². The molecule has 0 aromatic heterocycles. The Bertz CT molecular complexity index is 423. The van der Waals surface area contributed by atoms with Crippen LogP contribution in [0.3, 0.4) is 0 Å². The molecule has 0 aliphatic carbocycles. The third-order valence-electron chi connectivity index (χ3n) is 2.42. The Hall–Kier alpha value is -1.68. The highest BCUT2D eigenvalue weighted by Gasteiger charge is 2.20. The molecule has 0 atom stereocenters. The van der Waals surface area contributed by atoms with Gasteiger partial charge in [-0.2, -0.15) is 0 Å². The van der Waals surface area contributed by atoms with Crippen LogP contribution in [0.4, 0.5) is 0 Å². The summed E-state index contributed by atoms with van der Waals surface area (Å²) in [7, 11) is 0. The Balaban J connectivity index is 3.30. The van der Waals surface area contributed by atoms with Crippen molar-refractivity contribution < 1.29 is 19.4 Å². The average molecular weight is 236 g/mol. The van der Waals surface area contributed by atoms with Gasteiger partial charge in [-0.3, -0.25) is 4.79 Å². The highest BCUT2D eigenvalue weighted by molar-refractivity contribution is 6.07. The van der Waals surface area contributed by atoms with Crippen LogP contribution < -0.4 is 0 Å². The van der Waals surface area contributed by atoms with Gasteiger partial charge in [0.25, 0.3) is 0 Å². The summed E-state index contributed by atoms with van der Waals surface area (Å²) in [5.41, 5.74) is 0.920. The predicted octanol–water partition coefficient (Wildman–Crippen LogP) is 1.95. The molecule has 0 radical (unpaired) electrons. The largest absolute Gasteiger partial charge is 0.462 e. The molecule has 0 unspecified atom stereocenters. The Morgan fingerprint density at radius 3 is 2.53 bits per heavy atom. The van der Waals surface area contributed by atoms with Crippen LogP contribution in [0.25, 0.3) is 0 Å². The normalized spacial score (nSPS) is 10.1. The van der Waals surface area contributed by atoms with E-state index in [1.54, 1.807) is 32.0 Å². The molecule has 1 rings (SSSR count). The number of benzene rings is 1. The maximum atomic E-state index is 11.8. The van der Waals surface area contributed by atoms with E-state index in [2.05, 4.69) is 0 Å². The average Bonchev–Trinajstić information content (AvgIpc) is 2.37. The van der Waals surface area contributed by atoms with Gasteiger partial charge in [0.2, 0.25) is 0 Å². The van der Waals surface area contributed by atoms with Crippen LogP contribution in [0, 0.1) is 0 Å². The molecule has 17 heavy (non-hydrogen) atoms. The van der Waals surface area contributed by atoms with E-state index in [1.165, 1.54) is 0 Å². The number of carbonyl (C=O) groups excluding carboxylic acids is 2. The molecule has 0 amide bonds. The molecular formula is C13H16O4. The number of aliphatic hydroxyl groups excluding tert-OH is 1. The third-order valence-corrected chi connectivity index (χ3v) is 2.42. The van der Waals surface area contributed by atoms with Gasteiger partial charge in [0.15, 0.2) is 5.78 Å². The lowest BCUT2D eigenvalue weighted by Crippen LogP contribution is -2.14. The van der Waals surface area contributed by atoms with Crippen molar-refractivity contribution in [3.05, 3.63) is 34.9 Å². The molecule has 4 heteroatoms. The van der Waals surface area contributed by atoms with E-state index in [4.69, 9.17) is 4.74 Å². The maximum absolute atomic E-state index is 11.8. The van der Waals surface area contributed by atoms with Crippen LogP contribution in [0.15, 0.2) is 18.2 Å². The lowest BCUT2D eigenvalue weighted by Gasteiger charge is -2.11. The second kappa shape index (κ2) is 6.15. The SMILES string of the molecule is CCOC(=O)c1c(CO)cccc1C(=O)CC. The van der Waals surface area contributed by atoms with Gasteiger partial charge in [-0.15, -0.1) is 0 Å². The molecule has 4 nitrogen and oxygen atoms in total. The fourth-order valence-electron chi connectivity index (χ4n) is 1.60. The lowest BCUT2D eigenvalue weighted by atomic mass is 9.97. The van der Waals surface area contributed by atoms with Crippen molar-refractivity contribution in [1.82, 2.24) is 0 Å². The van der Waals surface area contributed by atoms with E-state index in [0.717, 1.165) is 0 Å². The second-order valence-electron chi connectivity index (χ2n) is 3.50. The summed E-state index contributed by atoms with van der Waals surface area (Å²) in [6.07, 6.45) is 0.307. The minimum absolute atomic E-state index is 0.136. The number of ketones is 1. The topological polar surface area (TPSA) is 63.6 Å². The number of hydrogen-bond donors (Lipinski definition) is 1. The zero-order chi connectivity index (χ0) is 12.8. The molecule has 92 valence electrons. The van der Waals surface area contributed by atoms with Gasteiger partial charge in [0.1, 0.15) is 0 Å². The van der Waals surface area contributed by atoms with Gasteiger partial charge >= 0.3 is 5.97 Å². The van der Waals surface area contributed by atoms with E-state index in [0.29, 0.717) is 17.5 Å². The quantitative estimate of drug-likeness (QED) is 0.627. The first kappa shape index (κ1) is 13.4. The Labute approximate surface area is 100 Å². The van der Waals surface area contributed by atoms with Crippen molar-refractivity contribution in [2.45, 2.75) is 26.9 Å². The second-order valence-corrected chi connectivity index (χ2v) is 3.50. The van der Waals surface area contributed by atoms with E-state index in [1.807, 2.05) is 0 Å². The van der Waals surface area contributed by atoms with Gasteiger partial charge in [0.05, 0.1) is 18.8 Å². The summed E-state index contributed by atoms with van der Waals surface area (Å²) in [6, 6.07) is 4.84. The number of Topliss-reactive ketones (excluding diaryl/α,β-unsaturated/α-hetero) is 1. The van der Waals surface area contributed by atoms with Crippen LogP contribution in [-0.2, 0) is 11.3 Å². The fourth-order valence-corrected chi connectivity index (χ4v) is 1.60. The van der Waals surface area contributed by atoms with Crippen molar-refractivity contribution in [2.24, 2.45) is 0 Å². The van der Waals surface area contributed by atoms with Gasteiger partial charge in [0, 0.05) is 12.0 Å². The molecule has 0 heterocycles. The molecule has 0 saturated carbocycles. The first-order chi connectivity index (χ1) is 8.15. The van der Waals surface area contributed by atoms with Crippen LogP contribution in [-0.4, -0.2) is 23.5 Å². The Morgan fingerprint density at radius 2 is 2.00 bits per heavy atom. The lowest BCUT2D eigenvalue weighted by molar-refractivity contribution is 0.0519. The maximum Gasteiger partial charge on any atom is 0.339 e. The summed E-state index contributed by atoms with van der Waals surface area (Å²) in [6.45, 7) is 3.36. The zero-order valence-corrected chi connectivity index (χ0v) is 10.0. The van der Waals surface area contributed by atoms with Gasteiger partial charge < -0.3 is 9.84 Å². The zero-order valence-electron chi connectivity index (χ0n) is 10.0. The summed E-state index contributed by atoms with van der Waals surface area (Å²) in [5, 5.41) is 9.20. The first-order valence-electron chi connectivity index (χ1n) is 5.58. The van der Waals surface area contributed by atoms with Gasteiger partial charge in [-0.05, 0) is 12.5 Å². The minimum atomic E-state index is -0.561. The van der Waals surface area contributed by atoms with Crippen molar-refractivity contribution in [2.75, 3.05) is 6.61 Å². The van der Waals surface area contributed by atoms with E-state index < -0.39 is 5.97 Å². The van der Waals surface area contributed by atoms with Crippen LogP contribution in [0.1, 0.15) is 46.5 Å². The third kappa shape index (κ3) is 2.91. The van der Waals surface area contributed by atoms with Crippen molar-refractivity contribution in [3.8, 4) is 0 Å². The Kier molecular flexibility index (Phi) is 4.84. The summed E-state index contributed by atoms with van der Waals surface area (Å²) < 4.78 is 4.90. The van der Waals surface area contributed by atoms with Gasteiger partial charge in [-0.25, -0.2) is 4.79 Å². The number of rotatable bonds is 5. The summed E-state index contributed by atoms with van der Waals surface area (Å²) in [4.78, 5) is 23.5. The molecule has 1 N–H and O–H groups in total. The molecule has 1 aromatic rings. The van der Waals surface area contributed by atoms with E-state index in [-0.39, 0.29) is 24.6 Å². The first-order valence-corrected chi connectivity index (χ1v) is 5.58. The smallest absolute Gasteiger partial charge is 0.339 e. The molecule has 0 saturated heterocycles. The molecule has 0 fully saturated rings. The number of carbonyl (C=O) groups is 2. The number of ether oxygens (including phenoxy) is 1. The highest BCUT2D eigenvalue weighted by Crippen LogP contribution is 2.18. The summed E-state index contributed by atoms with van der Waals surface area (Å²) >= 11 is 0. The van der Waals surface area contributed by atoms with Gasteiger partial charge in [-0.1, -0.05) is 25.1 Å². The van der Waals surface area contributed by atoms with Crippen molar-refractivity contribution in [3.63, 3.8) is 0 Å². The summed E-state index contributed by atoms with van der Waals surface area (Å²) in [5.74, 6) is -0.697. The van der Waals surface area contributed by atoms with E-state index in [9.17, 15) is 14.7 Å².